The Labute approximate surface area is 131 Å². The Morgan fingerprint density at radius 1 is 1.19 bits per heavy atom. The van der Waals surface area contributed by atoms with Gasteiger partial charge in [0.15, 0.2) is 0 Å². The maximum atomic E-state index is 4.19. The van der Waals surface area contributed by atoms with E-state index in [4.69, 9.17) is 0 Å². The monoisotopic (exact) mass is 304 g/mol. The van der Waals surface area contributed by atoms with Crippen LogP contribution in [0.5, 0.6) is 0 Å². The largest absolute Gasteiger partial charge is 0.318 e. The highest BCUT2D eigenvalue weighted by Crippen LogP contribution is 2.22. The molecule has 5 heteroatoms. The van der Waals surface area contributed by atoms with Crippen LogP contribution in [0.1, 0.15) is 31.1 Å². The zero-order valence-electron chi connectivity index (χ0n) is 13.3. The van der Waals surface area contributed by atoms with Crippen molar-refractivity contribution >= 4 is 11.8 Å². The molecule has 0 bridgehead atoms. The first kappa shape index (κ1) is 16.0. The van der Waals surface area contributed by atoms with Crippen LogP contribution in [0.3, 0.4) is 0 Å². The quantitative estimate of drug-likeness (QED) is 0.798. The predicted molar refractivity (Wildman–Crippen MR) is 88.3 cm³/mol. The molecule has 114 valence electrons. The van der Waals surface area contributed by atoms with Crippen LogP contribution in [0.15, 0.2) is 29.2 Å². The normalized spacial score (nSPS) is 11.3. The van der Waals surface area contributed by atoms with Crippen molar-refractivity contribution in [3.63, 3.8) is 0 Å². The van der Waals surface area contributed by atoms with E-state index < -0.39 is 0 Å². The second-order valence-corrected chi connectivity index (χ2v) is 6.73. The summed E-state index contributed by atoms with van der Waals surface area (Å²) in [5.74, 6) is 3.51. The molecule has 1 aromatic heterocycles. The summed E-state index contributed by atoms with van der Waals surface area (Å²) in [5.41, 5.74) is 1.33. The standard InChI is InChI=1S/C16H24N4S/c1-12(2)9-17-10-14-5-7-15(8-6-14)21-11-16-19-18-13(3)20(16)4/h5-8,12,17H,9-11H2,1-4H3. The molecule has 2 aromatic rings. The molecular weight excluding hydrogens is 280 g/mol. The molecule has 21 heavy (non-hydrogen) atoms. The minimum absolute atomic E-state index is 0.690. The molecule has 1 aromatic carbocycles. The molecule has 0 fully saturated rings. The van der Waals surface area contributed by atoms with Crippen molar-refractivity contribution in [2.45, 2.75) is 38.0 Å². The van der Waals surface area contributed by atoms with Gasteiger partial charge in [0.2, 0.25) is 0 Å². The van der Waals surface area contributed by atoms with E-state index in [1.165, 1.54) is 10.5 Å². The lowest BCUT2D eigenvalue weighted by atomic mass is 10.2. The number of nitrogens with zero attached hydrogens (tertiary/aromatic N) is 3. The number of hydrogen-bond acceptors (Lipinski definition) is 4. The maximum absolute atomic E-state index is 4.19. The molecule has 0 aliphatic heterocycles. The lowest BCUT2D eigenvalue weighted by Gasteiger charge is -2.08. The molecule has 0 saturated heterocycles. The number of hydrogen-bond donors (Lipinski definition) is 1. The molecule has 0 atom stereocenters. The first-order valence-electron chi connectivity index (χ1n) is 7.33. The minimum Gasteiger partial charge on any atom is -0.318 e. The summed E-state index contributed by atoms with van der Waals surface area (Å²) in [6, 6.07) is 8.75. The van der Waals surface area contributed by atoms with Crippen molar-refractivity contribution < 1.29 is 0 Å². The fourth-order valence-electron chi connectivity index (χ4n) is 1.93. The molecule has 4 nitrogen and oxygen atoms in total. The highest BCUT2D eigenvalue weighted by atomic mass is 32.2. The summed E-state index contributed by atoms with van der Waals surface area (Å²) in [4.78, 5) is 1.27. The Bertz CT molecular complexity index is 560. The SMILES string of the molecule is Cc1nnc(CSc2ccc(CNCC(C)C)cc2)n1C. The first-order chi connectivity index (χ1) is 10.1. The van der Waals surface area contributed by atoms with Crippen molar-refractivity contribution in [3.8, 4) is 0 Å². The van der Waals surface area contributed by atoms with E-state index >= 15 is 0 Å². The highest BCUT2D eigenvalue weighted by Gasteiger charge is 2.05. The molecule has 0 aliphatic rings. The van der Waals surface area contributed by atoms with Gasteiger partial charge in [-0.1, -0.05) is 26.0 Å². The summed E-state index contributed by atoms with van der Waals surface area (Å²) in [6.07, 6.45) is 0. The Balaban J connectivity index is 1.83. The van der Waals surface area contributed by atoms with E-state index in [0.29, 0.717) is 5.92 Å². The Kier molecular flexibility index (Phi) is 5.82. The van der Waals surface area contributed by atoms with Gasteiger partial charge < -0.3 is 9.88 Å². The number of aryl methyl sites for hydroxylation is 1. The lowest BCUT2D eigenvalue weighted by Crippen LogP contribution is -2.18. The van der Waals surface area contributed by atoms with Gasteiger partial charge in [-0.2, -0.15) is 0 Å². The molecular formula is C16H24N4S. The van der Waals surface area contributed by atoms with Gasteiger partial charge in [0.25, 0.3) is 0 Å². The molecule has 0 spiro atoms. The Morgan fingerprint density at radius 3 is 2.48 bits per heavy atom. The predicted octanol–water partition coefficient (Wildman–Crippen LogP) is 3.16. The van der Waals surface area contributed by atoms with E-state index in [0.717, 1.165) is 30.5 Å². The molecule has 0 amide bonds. The summed E-state index contributed by atoms with van der Waals surface area (Å²) >= 11 is 1.79. The van der Waals surface area contributed by atoms with Crippen LogP contribution in [0.4, 0.5) is 0 Å². The second kappa shape index (κ2) is 7.61. The number of rotatable bonds is 7. The molecule has 1 heterocycles. The summed E-state index contributed by atoms with van der Waals surface area (Å²) in [6.45, 7) is 8.41. The topological polar surface area (TPSA) is 42.7 Å². The molecule has 0 saturated carbocycles. The Hall–Kier alpha value is -1.33. The number of aromatic nitrogens is 3. The molecule has 0 radical (unpaired) electrons. The number of benzene rings is 1. The molecule has 1 N–H and O–H groups in total. The van der Waals surface area contributed by atoms with Gasteiger partial charge in [-0.15, -0.1) is 22.0 Å². The number of nitrogens with one attached hydrogen (secondary N) is 1. The third-order valence-corrected chi connectivity index (χ3v) is 4.36. The van der Waals surface area contributed by atoms with Crippen LogP contribution in [0.25, 0.3) is 0 Å². The fourth-order valence-corrected chi connectivity index (χ4v) is 2.81. The van der Waals surface area contributed by atoms with Gasteiger partial charge >= 0.3 is 0 Å². The summed E-state index contributed by atoms with van der Waals surface area (Å²) in [7, 11) is 2.01. The van der Waals surface area contributed by atoms with Crippen molar-refractivity contribution in [1.82, 2.24) is 20.1 Å². The zero-order valence-corrected chi connectivity index (χ0v) is 14.1. The van der Waals surface area contributed by atoms with Crippen LogP contribution in [0.2, 0.25) is 0 Å². The molecule has 0 aliphatic carbocycles. The van der Waals surface area contributed by atoms with Crippen molar-refractivity contribution in [2.75, 3.05) is 6.54 Å². The average Bonchev–Trinajstić information content (AvgIpc) is 2.78. The average molecular weight is 304 g/mol. The fraction of sp³-hybridized carbons (Fsp3) is 0.500. The van der Waals surface area contributed by atoms with E-state index in [-0.39, 0.29) is 0 Å². The van der Waals surface area contributed by atoms with Gasteiger partial charge in [0.1, 0.15) is 11.6 Å². The van der Waals surface area contributed by atoms with E-state index in [1.807, 2.05) is 18.5 Å². The second-order valence-electron chi connectivity index (χ2n) is 5.68. The summed E-state index contributed by atoms with van der Waals surface area (Å²) < 4.78 is 2.04. The lowest BCUT2D eigenvalue weighted by molar-refractivity contribution is 0.552. The van der Waals surface area contributed by atoms with Crippen LogP contribution in [0, 0.1) is 12.8 Å². The minimum atomic E-state index is 0.690. The van der Waals surface area contributed by atoms with Gasteiger partial charge in [0.05, 0.1) is 5.75 Å². The van der Waals surface area contributed by atoms with Crippen LogP contribution in [-0.2, 0) is 19.3 Å². The smallest absolute Gasteiger partial charge is 0.143 e. The maximum Gasteiger partial charge on any atom is 0.143 e. The van der Waals surface area contributed by atoms with Gasteiger partial charge in [-0.25, -0.2) is 0 Å². The van der Waals surface area contributed by atoms with E-state index in [2.05, 4.69) is 53.6 Å². The Morgan fingerprint density at radius 2 is 1.90 bits per heavy atom. The van der Waals surface area contributed by atoms with Crippen molar-refractivity contribution in [1.29, 1.82) is 0 Å². The van der Waals surface area contributed by atoms with E-state index in [1.54, 1.807) is 11.8 Å². The first-order valence-corrected chi connectivity index (χ1v) is 8.32. The van der Waals surface area contributed by atoms with Gasteiger partial charge in [0, 0.05) is 18.5 Å². The molecule has 0 unspecified atom stereocenters. The third-order valence-electron chi connectivity index (χ3n) is 3.36. The van der Waals surface area contributed by atoms with Crippen molar-refractivity contribution in [2.24, 2.45) is 13.0 Å². The summed E-state index contributed by atoms with van der Waals surface area (Å²) in [5, 5.41) is 11.7. The molecule has 2 rings (SSSR count). The van der Waals surface area contributed by atoms with Crippen molar-refractivity contribution in [3.05, 3.63) is 41.5 Å². The van der Waals surface area contributed by atoms with Gasteiger partial charge in [-0.05, 0) is 37.1 Å². The zero-order chi connectivity index (χ0) is 15.2. The van der Waals surface area contributed by atoms with Crippen LogP contribution >= 0.6 is 11.8 Å². The van der Waals surface area contributed by atoms with Crippen LogP contribution < -0.4 is 5.32 Å². The highest BCUT2D eigenvalue weighted by molar-refractivity contribution is 7.98. The van der Waals surface area contributed by atoms with E-state index in [9.17, 15) is 0 Å². The van der Waals surface area contributed by atoms with Gasteiger partial charge in [-0.3, -0.25) is 0 Å². The number of thioether (sulfide) groups is 1. The third kappa shape index (κ3) is 4.86. The van der Waals surface area contributed by atoms with Crippen LogP contribution in [-0.4, -0.2) is 21.3 Å².